The molecule has 0 radical (unpaired) electrons. The standard InChI is InChI=1S/C19H15NO2S/c21-19(17-12-13-6-1-4-9-16(13)22-17)20-15-8-3-2-7-14(15)18-10-5-11-23-18/h1-11,17H,12H2,(H,20,21)/t17-/m1/s1. The maximum Gasteiger partial charge on any atom is 0.265 e. The van der Waals surface area contributed by atoms with E-state index in [4.69, 9.17) is 4.74 Å². The van der Waals surface area contributed by atoms with Gasteiger partial charge in [-0.25, -0.2) is 0 Å². The average Bonchev–Trinajstić information content (AvgIpc) is 3.25. The molecule has 0 saturated heterocycles. The number of carbonyl (C=O) groups is 1. The minimum Gasteiger partial charge on any atom is -0.480 e. The number of rotatable bonds is 3. The van der Waals surface area contributed by atoms with Crippen molar-refractivity contribution < 1.29 is 9.53 Å². The molecule has 0 fully saturated rings. The molecule has 23 heavy (non-hydrogen) atoms. The first kappa shape index (κ1) is 14.0. The summed E-state index contributed by atoms with van der Waals surface area (Å²) in [5.74, 6) is 0.699. The summed E-state index contributed by atoms with van der Waals surface area (Å²) < 4.78 is 5.76. The van der Waals surface area contributed by atoms with Crippen LogP contribution < -0.4 is 10.1 Å². The molecular formula is C19H15NO2S. The molecule has 1 amide bonds. The number of fused-ring (bicyclic) bond motifs is 1. The lowest BCUT2D eigenvalue weighted by Gasteiger charge is -2.14. The van der Waals surface area contributed by atoms with E-state index in [0.29, 0.717) is 6.42 Å². The summed E-state index contributed by atoms with van der Waals surface area (Å²) in [4.78, 5) is 13.7. The summed E-state index contributed by atoms with van der Waals surface area (Å²) in [5.41, 5.74) is 2.94. The molecule has 0 spiro atoms. The van der Waals surface area contributed by atoms with Gasteiger partial charge in [0.05, 0.1) is 0 Å². The van der Waals surface area contributed by atoms with E-state index in [1.165, 1.54) is 0 Å². The predicted molar refractivity (Wildman–Crippen MR) is 92.9 cm³/mol. The Labute approximate surface area is 138 Å². The van der Waals surface area contributed by atoms with Crippen LogP contribution in [0.15, 0.2) is 66.0 Å². The summed E-state index contributed by atoms with van der Waals surface area (Å²) in [7, 11) is 0. The van der Waals surface area contributed by atoms with Crippen LogP contribution in [0.3, 0.4) is 0 Å². The van der Waals surface area contributed by atoms with Gasteiger partial charge in [-0.05, 0) is 29.1 Å². The molecule has 3 aromatic rings. The number of nitrogens with one attached hydrogen (secondary N) is 1. The number of anilines is 1. The first-order valence-electron chi connectivity index (χ1n) is 7.49. The van der Waals surface area contributed by atoms with E-state index < -0.39 is 6.10 Å². The highest BCUT2D eigenvalue weighted by molar-refractivity contribution is 7.13. The number of ether oxygens (including phenoxy) is 1. The second-order valence-corrected chi connectivity index (χ2v) is 6.38. The van der Waals surface area contributed by atoms with E-state index in [1.807, 2.05) is 60.0 Å². The van der Waals surface area contributed by atoms with Gasteiger partial charge in [-0.1, -0.05) is 42.5 Å². The van der Waals surface area contributed by atoms with Gasteiger partial charge in [0.2, 0.25) is 0 Å². The molecule has 1 atom stereocenters. The van der Waals surface area contributed by atoms with Gasteiger partial charge in [0, 0.05) is 22.5 Å². The van der Waals surface area contributed by atoms with E-state index in [2.05, 4.69) is 11.4 Å². The minimum atomic E-state index is -0.469. The summed E-state index contributed by atoms with van der Waals surface area (Å²) in [6, 6.07) is 19.7. The van der Waals surface area contributed by atoms with E-state index in [9.17, 15) is 4.79 Å². The average molecular weight is 321 g/mol. The first-order chi connectivity index (χ1) is 11.3. The van der Waals surface area contributed by atoms with Gasteiger partial charge < -0.3 is 10.1 Å². The van der Waals surface area contributed by atoms with Crippen molar-refractivity contribution in [3.8, 4) is 16.2 Å². The number of para-hydroxylation sites is 2. The molecule has 1 aromatic heterocycles. The molecule has 0 saturated carbocycles. The number of thiophene rings is 1. The molecule has 1 aliphatic heterocycles. The van der Waals surface area contributed by atoms with Crippen LogP contribution in [0.2, 0.25) is 0 Å². The Morgan fingerprint density at radius 3 is 2.70 bits per heavy atom. The summed E-state index contributed by atoms with van der Waals surface area (Å²) >= 11 is 1.66. The lowest BCUT2D eigenvalue weighted by molar-refractivity contribution is -0.122. The number of carbonyl (C=O) groups excluding carboxylic acids is 1. The predicted octanol–water partition coefficient (Wildman–Crippen LogP) is 4.36. The second-order valence-electron chi connectivity index (χ2n) is 5.43. The minimum absolute atomic E-state index is 0.106. The SMILES string of the molecule is O=C(Nc1ccccc1-c1cccs1)[C@H]1Cc2ccccc2O1. The Kier molecular flexibility index (Phi) is 3.60. The fourth-order valence-corrected chi connectivity index (χ4v) is 3.55. The smallest absolute Gasteiger partial charge is 0.265 e. The molecule has 4 rings (SSSR count). The van der Waals surface area contributed by atoms with Gasteiger partial charge >= 0.3 is 0 Å². The third-order valence-corrected chi connectivity index (χ3v) is 4.81. The van der Waals surface area contributed by atoms with Crippen molar-refractivity contribution in [2.24, 2.45) is 0 Å². The molecule has 3 nitrogen and oxygen atoms in total. The van der Waals surface area contributed by atoms with E-state index >= 15 is 0 Å². The third-order valence-electron chi connectivity index (χ3n) is 3.91. The fraction of sp³-hybridized carbons (Fsp3) is 0.105. The van der Waals surface area contributed by atoms with Crippen molar-refractivity contribution in [2.45, 2.75) is 12.5 Å². The number of hydrogen-bond acceptors (Lipinski definition) is 3. The molecular weight excluding hydrogens is 306 g/mol. The largest absolute Gasteiger partial charge is 0.480 e. The normalized spacial score (nSPS) is 15.7. The molecule has 2 aromatic carbocycles. The van der Waals surface area contributed by atoms with Crippen molar-refractivity contribution in [1.82, 2.24) is 0 Å². The zero-order valence-corrected chi connectivity index (χ0v) is 13.2. The quantitative estimate of drug-likeness (QED) is 0.778. The van der Waals surface area contributed by atoms with Crippen molar-refractivity contribution in [2.75, 3.05) is 5.32 Å². The highest BCUT2D eigenvalue weighted by Crippen LogP contribution is 2.33. The number of amides is 1. The Balaban J connectivity index is 1.55. The number of hydrogen-bond donors (Lipinski definition) is 1. The summed E-state index contributed by atoms with van der Waals surface area (Å²) in [6.07, 6.45) is 0.146. The van der Waals surface area contributed by atoms with Crippen LogP contribution in [-0.4, -0.2) is 12.0 Å². The lowest BCUT2D eigenvalue weighted by atomic mass is 10.1. The highest BCUT2D eigenvalue weighted by atomic mass is 32.1. The molecule has 114 valence electrons. The van der Waals surface area contributed by atoms with Gasteiger partial charge in [-0.2, -0.15) is 0 Å². The topological polar surface area (TPSA) is 38.3 Å². The Bertz CT molecular complexity index is 817. The van der Waals surface area contributed by atoms with E-state index in [-0.39, 0.29) is 5.91 Å². The first-order valence-corrected chi connectivity index (χ1v) is 8.37. The van der Waals surface area contributed by atoms with Crippen molar-refractivity contribution >= 4 is 22.9 Å². The molecule has 1 N–H and O–H groups in total. The molecule has 1 aliphatic rings. The summed E-state index contributed by atoms with van der Waals surface area (Å²) in [5, 5.41) is 5.05. The maximum absolute atomic E-state index is 12.6. The molecule has 0 bridgehead atoms. The molecule has 2 heterocycles. The zero-order valence-electron chi connectivity index (χ0n) is 12.4. The van der Waals surface area contributed by atoms with Crippen molar-refractivity contribution in [1.29, 1.82) is 0 Å². The second kappa shape index (κ2) is 5.89. The van der Waals surface area contributed by atoms with Crippen LogP contribution >= 0.6 is 11.3 Å². The summed E-state index contributed by atoms with van der Waals surface area (Å²) in [6.45, 7) is 0. The Morgan fingerprint density at radius 2 is 1.87 bits per heavy atom. The molecule has 0 unspecified atom stereocenters. The van der Waals surface area contributed by atoms with Gasteiger partial charge in [0.1, 0.15) is 5.75 Å². The van der Waals surface area contributed by atoms with Crippen LogP contribution in [0.25, 0.3) is 10.4 Å². The monoisotopic (exact) mass is 321 g/mol. The maximum atomic E-state index is 12.6. The highest BCUT2D eigenvalue weighted by Gasteiger charge is 2.29. The van der Waals surface area contributed by atoms with Crippen LogP contribution in [0.4, 0.5) is 5.69 Å². The van der Waals surface area contributed by atoms with Crippen molar-refractivity contribution in [3.63, 3.8) is 0 Å². The molecule has 0 aliphatic carbocycles. The zero-order chi connectivity index (χ0) is 15.6. The van der Waals surface area contributed by atoms with E-state index in [1.54, 1.807) is 11.3 Å². The van der Waals surface area contributed by atoms with Gasteiger partial charge in [-0.3, -0.25) is 4.79 Å². The van der Waals surface area contributed by atoms with Crippen LogP contribution in [0, 0.1) is 0 Å². The van der Waals surface area contributed by atoms with Crippen LogP contribution in [0.5, 0.6) is 5.75 Å². The van der Waals surface area contributed by atoms with Gasteiger partial charge in [0.25, 0.3) is 5.91 Å². The van der Waals surface area contributed by atoms with E-state index in [0.717, 1.165) is 27.4 Å². The third kappa shape index (κ3) is 2.73. The Hall–Kier alpha value is -2.59. The van der Waals surface area contributed by atoms with Gasteiger partial charge in [-0.15, -0.1) is 11.3 Å². The molecule has 4 heteroatoms. The number of benzene rings is 2. The van der Waals surface area contributed by atoms with Crippen LogP contribution in [0.1, 0.15) is 5.56 Å². The van der Waals surface area contributed by atoms with Gasteiger partial charge in [0.15, 0.2) is 6.10 Å². The fourth-order valence-electron chi connectivity index (χ4n) is 2.78. The Morgan fingerprint density at radius 1 is 1.04 bits per heavy atom. The van der Waals surface area contributed by atoms with Crippen LogP contribution in [-0.2, 0) is 11.2 Å². The lowest BCUT2D eigenvalue weighted by Crippen LogP contribution is -2.31. The van der Waals surface area contributed by atoms with Crippen molar-refractivity contribution in [3.05, 3.63) is 71.6 Å².